The van der Waals surface area contributed by atoms with Crippen LogP contribution in [0.2, 0.25) is 10.0 Å². The topological polar surface area (TPSA) is 71.3 Å². The molecule has 0 atom stereocenters. The van der Waals surface area contributed by atoms with Gasteiger partial charge in [0, 0.05) is 30.1 Å². The fraction of sp³-hybridized carbons (Fsp3) is 0.500. The van der Waals surface area contributed by atoms with E-state index in [0.29, 0.717) is 33.9 Å². The highest BCUT2D eigenvalue weighted by Crippen LogP contribution is 2.29. The molecular formula is C18H22Cl2N4O2. The van der Waals surface area contributed by atoms with Gasteiger partial charge in [0.15, 0.2) is 0 Å². The third kappa shape index (κ3) is 4.75. The average Bonchev–Trinajstić information content (AvgIpc) is 3.04. The van der Waals surface area contributed by atoms with Gasteiger partial charge in [0.25, 0.3) is 0 Å². The zero-order valence-corrected chi connectivity index (χ0v) is 16.3. The molecule has 1 fully saturated rings. The van der Waals surface area contributed by atoms with Gasteiger partial charge in [-0.15, -0.1) is 10.2 Å². The molecule has 1 aromatic heterocycles. The van der Waals surface area contributed by atoms with Gasteiger partial charge in [-0.1, -0.05) is 37.0 Å². The first-order valence-electron chi connectivity index (χ1n) is 8.73. The summed E-state index contributed by atoms with van der Waals surface area (Å²) in [6.07, 6.45) is 1.84. The molecule has 0 bridgehead atoms. The van der Waals surface area contributed by atoms with E-state index >= 15 is 0 Å². The number of nitrogens with zero attached hydrogens (tertiary/aromatic N) is 3. The number of benzene rings is 1. The Morgan fingerprint density at radius 2 is 2.04 bits per heavy atom. The Kier molecular flexibility index (Phi) is 6.16. The second kappa shape index (κ2) is 8.37. The number of halogens is 2. The molecule has 0 aliphatic carbocycles. The summed E-state index contributed by atoms with van der Waals surface area (Å²) in [5, 5.41) is 12.3. The van der Waals surface area contributed by atoms with E-state index < -0.39 is 0 Å². The number of carbonyl (C=O) groups is 1. The van der Waals surface area contributed by atoms with Crippen LogP contribution < -0.4 is 5.32 Å². The Labute approximate surface area is 162 Å². The van der Waals surface area contributed by atoms with Crippen LogP contribution in [0, 0.1) is 5.92 Å². The van der Waals surface area contributed by atoms with E-state index in [1.54, 1.807) is 18.2 Å². The Bertz CT molecular complexity index is 770. The fourth-order valence-electron chi connectivity index (χ4n) is 2.88. The van der Waals surface area contributed by atoms with Crippen molar-refractivity contribution in [3.8, 4) is 11.5 Å². The van der Waals surface area contributed by atoms with Gasteiger partial charge in [-0.25, -0.2) is 0 Å². The maximum Gasteiger partial charge on any atom is 0.249 e. The minimum atomic E-state index is 0.0181. The van der Waals surface area contributed by atoms with E-state index in [0.717, 1.165) is 25.9 Å². The predicted octanol–water partition coefficient (Wildman–Crippen LogP) is 3.78. The van der Waals surface area contributed by atoms with Crippen LogP contribution in [0.25, 0.3) is 11.5 Å². The van der Waals surface area contributed by atoms with Crippen LogP contribution in [0.15, 0.2) is 22.6 Å². The number of aromatic nitrogens is 2. The highest BCUT2D eigenvalue weighted by molar-refractivity contribution is 6.36. The van der Waals surface area contributed by atoms with Crippen molar-refractivity contribution in [2.24, 2.45) is 5.92 Å². The molecule has 1 saturated heterocycles. The first kappa shape index (κ1) is 19.1. The molecule has 26 heavy (non-hydrogen) atoms. The number of piperidine rings is 1. The zero-order valence-electron chi connectivity index (χ0n) is 14.8. The van der Waals surface area contributed by atoms with Crippen molar-refractivity contribution in [3.05, 3.63) is 34.1 Å². The second-order valence-electron chi connectivity index (χ2n) is 6.84. The van der Waals surface area contributed by atoms with Crippen molar-refractivity contribution in [3.63, 3.8) is 0 Å². The first-order valence-corrected chi connectivity index (χ1v) is 9.48. The maximum atomic E-state index is 11.8. The third-order valence-corrected chi connectivity index (χ3v) is 4.99. The lowest BCUT2D eigenvalue weighted by Crippen LogP contribution is -2.45. The van der Waals surface area contributed by atoms with Gasteiger partial charge in [0.2, 0.25) is 17.7 Å². The molecule has 0 unspecified atom stereocenters. The number of hydrogen-bond acceptors (Lipinski definition) is 5. The molecule has 0 radical (unpaired) electrons. The lowest BCUT2D eigenvalue weighted by Gasteiger charge is -2.31. The number of likely N-dealkylation sites (tertiary alicyclic amines) is 1. The highest BCUT2D eigenvalue weighted by atomic mass is 35.5. The van der Waals surface area contributed by atoms with E-state index in [1.807, 2.05) is 13.8 Å². The lowest BCUT2D eigenvalue weighted by atomic mass is 10.0. The quantitative estimate of drug-likeness (QED) is 0.832. The van der Waals surface area contributed by atoms with Gasteiger partial charge in [0.1, 0.15) is 0 Å². The number of amides is 1. The molecule has 140 valence electrons. The Morgan fingerprint density at radius 3 is 2.69 bits per heavy atom. The molecule has 2 aromatic rings. The van der Waals surface area contributed by atoms with Gasteiger partial charge in [0.05, 0.1) is 17.1 Å². The summed E-state index contributed by atoms with van der Waals surface area (Å²) in [7, 11) is 0. The van der Waals surface area contributed by atoms with Crippen molar-refractivity contribution in [1.82, 2.24) is 20.4 Å². The van der Waals surface area contributed by atoms with E-state index in [4.69, 9.17) is 27.6 Å². The van der Waals surface area contributed by atoms with Crippen molar-refractivity contribution in [2.45, 2.75) is 39.3 Å². The van der Waals surface area contributed by atoms with Gasteiger partial charge in [-0.3, -0.25) is 9.69 Å². The minimum Gasteiger partial charge on any atom is -0.419 e. The summed E-state index contributed by atoms with van der Waals surface area (Å²) < 4.78 is 5.75. The summed E-state index contributed by atoms with van der Waals surface area (Å²) in [6, 6.07) is 5.40. The smallest absolute Gasteiger partial charge is 0.249 e. The summed E-state index contributed by atoms with van der Waals surface area (Å²) in [5.41, 5.74) is 0.671. The molecule has 3 rings (SSSR count). The van der Waals surface area contributed by atoms with E-state index in [9.17, 15) is 4.79 Å². The molecule has 0 spiro atoms. The van der Waals surface area contributed by atoms with Crippen molar-refractivity contribution >= 4 is 29.1 Å². The van der Waals surface area contributed by atoms with Crippen LogP contribution in [0.1, 0.15) is 32.6 Å². The van der Waals surface area contributed by atoms with Crippen LogP contribution in [-0.2, 0) is 11.3 Å². The molecule has 1 aliphatic heterocycles. The predicted molar refractivity (Wildman–Crippen MR) is 101 cm³/mol. The fourth-order valence-corrected chi connectivity index (χ4v) is 3.37. The van der Waals surface area contributed by atoms with Crippen LogP contribution in [0.4, 0.5) is 0 Å². The molecule has 6 nitrogen and oxygen atoms in total. The largest absolute Gasteiger partial charge is 0.419 e. The maximum absolute atomic E-state index is 11.8. The molecule has 1 aliphatic rings. The van der Waals surface area contributed by atoms with Crippen LogP contribution >= 0.6 is 23.2 Å². The number of hydrogen-bond donors (Lipinski definition) is 1. The Balaban J connectivity index is 1.55. The summed E-state index contributed by atoms with van der Waals surface area (Å²) >= 11 is 12.1. The summed E-state index contributed by atoms with van der Waals surface area (Å²) in [6.45, 7) is 6.16. The van der Waals surface area contributed by atoms with Crippen molar-refractivity contribution < 1.29 is 9.21 Å². The molecule has 0 saturated carbocycles. The number of rotatable bonds is 5. The number of nitrogens with one attached hydrogen (secondary N) is 1. The van der Waals surface area contributed by atoms with Gasteiger partial charge in [-0.05, 0) is 31.0 Å². The van der Waals surface area contributed by atoms with Crippen LogP contribution in [0.5, 0.6) is 0 Å². The number of carbonyl (C=O) groups excluding carboxylic acids is 1. The van der Waals surface area contributed by atoms with Gasteiger partial charge in [-0.2, -0.15) is 0 Å². The van der Waals surface area contributed by atoms with Crippen molar-refractivity contribution in [2.75, 3.05) is 13.1 Å². The van der Waals surface area contributed by atoms with Crippen LogP contribution in [-0.4, -0.2) is 40.1 Å². The zero-order chi connectivity index (χ0) is 18.7. The van der Waals surface area contributed by atoms with E-state index in [2.05, 4.69) is 20.4 Å². The van der Waals surface area contributed by atoms with Crippen LogP contribution in [0.3, 0.4) is 0 Å². The molecule has 2 heterocycles. The van der Waals surface area contributed by atoms with E-state index in [-0.39, 0.29) is 17.9 Å². The monoisotopic (exact) mass is 396 g/mol. The Hall–Kier alpha value is -1.63. The molecular weight excluding hydrogens is 375 g/mol. The first-order chi connectivity index (χ1) is 12.4. The minimum absolute atomic E-state index is 0.0181. The molecule has 1 aromatic carbocycles. The average molecular weight is 397 g/mol. The molecule has 8 heteroatoms. The summed E-state index contributed by atoms with van der Waals surface area (Å²) in [4.78, 5) is 14.0. The van der Waals surface area contributed by atoms with Crippen molar-refractivity contribution in [1.29, 1.82) is 0 Å². The van der Waals surface area contributed by atoms with E-state index in [1.165, 1.54) is 0 Å². The standard InChI is InChI=1S/C18H22Cl2N4O2/c1-11(2)17(25)21-13-5-7-24(8-6-13)10-16-22-23-18(26-16)14-4-3-12(19)9-15(14)20/h3-4,9,11,13H,5-8,10H2,1-2H3,(H,21,25). The molecule has 1 N–H and O–H groups in total. The van der Waals surface area contributed by atoms with Gasteiger partial charge >= 0.3 is 0 Å². The third-order valence-electron chi connectivity index (χ3n) is 4.45. The lowest BCUT2D eigenvalue weighted by molar-refractivity contribution is -0.125. The normalized spacial score (nSPS) is 16.2. The Morgan fingerprint density at radius 1 is 1.31 bits per heavy atom. The highest BCUT2D eigenvalue weighted by Gasteiger charge is 2.23. The molecule has 1 amide bonds. The summed E-state index contributed by atoms with van der Waals surface area (Å²) in [5.74, 6) is 1.07. The SMILES string of the molecule is CC(C)C(=O)NC1CCN(Cc2nnc(-c3ccc(Cl)cc3Cl)o2)CC1. The van der Waals surface area contributed by atoms with Gasteiger partial charge < -0.3 is 9.73 Å². The second-order valence-corrected chi connectivity index (χ2v) is 7.68.